The van der Waals surface area contributed by atoms with E-state index in [2.05, 4.69) is 35.3 Å². The molecule has 0 aliphatic carbocycles. The van der Waals surface area contributed by atoms with Gasteiger partial charge in [-0.25, -0.2) is 0 Å². The second-order valence-corrected chi connectivity index (χ2v) is 5.38. The van der Waals surface area contributed by atoms with Crippen LogP contribution in [0.3, 0.4) is 0 Å². The first-order chi connectivity index (χ1) is 9.20. The van der Waals surface area contributed by atoms with Crippen molar-refractivity contribution in [1.82, 2.24) is 9.88 Å². The highest BCUT2D eigenvalue weighted by Crippen LogP contribution is 2.25. The largest absolute Gasteiger partial charge is 0.349 e. The maximum atomic E-state index is 6.18. The molecule has 1 N–H and O–H groups in total. The van der Waals surface area contributed by atoms with Crippen molar-refractivity contribution < 1.29 is 0 Å². The predicted molar refractivity (Wildman–Crippen MR) is 82.0 cm³/mol. The minimum absolute atomic E-state index is 0.701. The van der Waals surface area contributed by atoms with Crippen LogP contribution in [-0.4, -0.2) is 11.1 Å². The van der Waals surface area contributed by atoms with Crippen LogP contribution in [0.1, 0.15) is 24.5 Å². The Hall–Kier alpha value is -0.960. The smallest absolute Gasteiger partial charge is 0.0499 e. The predicted octanol–water partition coefficient (Wildman–Crippen LogP) is 4.34. The third-order valence-electron chi connectivity index (χ3n) is 2.97. The third-order valence-corrected chi connectivity index (χ3v) is 3.68. The molecule has 0 atom stereocenters. The Labute approximate surface area is 124 Å². The van der Waals surface area contributed by atoms with E-state index in [9.17, 15) is 0 Å². The first kappa shape index (κ1) is 14.4. The van der Waals surface area contributed by atoms with Crippen LogP contribution in [0.5, 0.6) is 0 Å². The number of nitrogens with zero attached hydrogens (tertiary/aromatic N) is 1. The van der Waals surface area contributed by atoms with Gasteiger partial charge in [0.1, 0.15) is 0 Å². The van der Waals surface area contributed by atoms with E-state index < -0.39 is 0 Å². The third kappa shape index (κ3) is 4.00. The monoisotopic (exact) mass is 296 g/mol. The van der Waals surface area contributed by atoms with E-state index in [4.69, 9.17) is 23.2 Å². The summed E-state index contributed by atoms with van der Waals surface area (Å²) >= 11 is 12.4. The molecule has 0 amide bonds. The van der Waals surface area contributed by atoms with Crippen LogP contribution in [0.2, 0.25) is 10.0 Å². The lowest BCUT2D eigenvalue weighted by molar-refractivity contribution is 0.673. The van der Waals surface area contributed by atoms with Crippen molar-refractivity contribution >= 4 is 23.2 Å². The number of rotatable bonds is 6. The van der Waals surface area contributed by atoms with Gasteiger partial charge in [-0.1, -0.05) is 36.2 Å². The molecule has 2 nitrogen and oxygen atoms in total. The van der Waals surface area contributed by atoms with Crippen molar-refractivity contribution in [2.75, 3.05) is 6.54 Å². The average Bonchev–Trinajstić information content (AvgIpc) is 2.82. The molecule has 0 saturated heterocycles. The minimum Gasteiger partial charge on any atom is -0.349 e. The zero-order valence-corrected chi connectivity index (χ0v) is 12.5. The summed E-state index contributed by atoms with van der Waals surface area (Å²) in [7, 11) is 0. The minimum atomic E-state index is 0.701. The van der Waals surface area contributed by atoms with Gasteiger partial charge in [-0.15, -0.1) is 0 Å². The quantitative estimate of drug-likeness (QED) is 0.785. The Balaban J connectivity index is 2.03. The summed E-state index contributed by atoms with van der Waals surface area (Å²) in [5.74, 6) is 0. The van der Waals surface area contributed by atoms with Gasteiger partial charge in [0, 0.05) is 41.1 Å². The van der Waals surface area contributed by atoms with E-state index in [1.54, 1.807) is 0 Å². The lowest BCUT2D eigenvalue weighted by Crippen LogP contribution is -2.13. The summed E-state index contributed by atoms with van der Waals surface area (Å²) in [5, 5.41) is 4.82. The molecular formula is C15H18Cl2N2. The summed E-state index contributed by atoms with van der Waals surface area (Å²) in [6.45, 7) is 4.81. The van der Waals surface area contributed by atoms with Gasteiger partial charge in [-0.3, -0.25) is 0 Å². The maximum absolute atomic E-state index is 6.18. The van der Waals surface area contributed by atoms with Gasteiger partial charge in [-0.05, 0) is 36.7 Å². The Bertz CT molecular complexity index is 514. The molecule has 0 unspecified atom stereocenters. The number of hydrogen-bond donors (Lipinski definition) is 1. The molecule has 19 heavy (non-hydrogen) atoms. The van der Waals surface area contributed by atoms with Gasteiger partial charge in [0.05, 0.1) is 0 Å². The molecule has 102 valence electrons. The maximum Gasteiger partial charge on any atom is 0.0499 e. The summed E-state index contributed by atoms with van der Waals surface area (Å²) in [5.41, 5.74) is 2.24. The highest BCUT2D eigenvalue weighted by molar-refractivity contribution is 6.35. The number of aromatic nitrogens is 1. The molecule has 2 rings (SSSR count). The molecular weight excluding hydrogens is 279 g/mol. The van der Waals surface area contributed by atoms with Crippen LogP contribution in [-0.2, 0) is 13.1 Å². The molecule has 0 fully saturated rings. The van der Waals surface area contributed by atoms with Crippen molar-refractivity contribution in [2.24, 2.45) is 0 Å². The molecule has 1 aromatic heterocycles. The normalized spacial score (nSPS) is 10.9. The lowest BCUT2D eigenvalue weighted by atomic mass is 10.2. The van der Waals surface area contributed by atoms with Crippen LogP contribution in [0.25, 0.3) is 0 Å². The van der Waals surface area contributed by atoms with Crippen molar-refractivity contribution in [3.63, 3.8) is 0 Å². The topological polar surface area (TPSA) is 17.0 Å². The first-order valence-corrected chi connectivity index (χ1v) is 7.24. The Morgan fingerprint density at radius 1 is 1.16 bits per heavy atom. The van der Waals surface area contributed by atoms with Crippen LogP contribution in [0.4, 0.5) is 0 Å². The molecule has 1 aromatic carbocycles. The summed E-state index contributed by atoms with van der Waals surface area (Å²) < 4.78 is 2.11. The molecule has 0 radical (unpaired) electrons. The van der Waals surface area contributed by atoms with Crippen LogP contribution in [0, 0.1) is 0 Å². The summed E-state index contributed by atoms with van der Waals surface area (Å²) in [6, 6.07) is 7.73. The standard InChI is InChI=1S/C15H18Cl2N2/c1-2-7-18-9-12-6-8-19(10-12)11-13-14(16)4-3-5-15(13)17/h3-6,8,10,18H,2,7,9,11H2,1H3. The molecule has 0 bridgehead atoms. The van der Waals surface area contributed by atoms with Crippen LogP contribution >= 0.6 is 23.2 Å². The second kappa shape index (κ2) is 6.99. The zero-order chi connectivity index (χ0) is 13.7. The van der Waals surface area contributed by atoms with E-state index in [0.29, 0.717) is 16.6 Å². The van der Waals surface area contributed by atoms with Crippen molar-refractivity contribution in [3.8, 4) is 0 Å². The average molecular weight is 297 g/mol. The number of hydrogen-bond acceptors (Lipinski definition) is 1. The molecule has 2 aromatic rings. The molecule has 0 spiro atoms. The van der Waals surface area contributed by atoms with E-state index in [0.717, 1.165) is 25.1 Å². The molecule has 0 saturated carbocycles. The van der Waals surface area contributed by atoms with Crippen molar-refractivity contribution in [1.29, 1.82) is 0 Å². The highest BCUT2D eigenvalue weighted by atomic mass is 35.5. The fourth-order valence-corrected chi connectivity index (χ4v) is 2.49. The fraction of sp³-hybridized carbons (Fsp3) is 0.333. The van der Waals surface area contributed by atoms with Crippen molar-refractivity contribution in [2.45, 2.75) is 26.4 Å². The van der Waals surface area contributed by atoms with Crippen LogP contribution in [0.15, 0.2) is 36.7 Å². The van der Waals surface area contributed by atoms with E-state index in [1.165, 1.54) is 5.56 Å². The van der Waals surface area contributed by atoms with E-state index in [1.807, 2.05) is 18.2 Å². The van der Waals surface area contributed by atoms with Gasteiger partial charge >= 0.3 is 0 Å². The first-order valence-electron chi connectivity index (χ1n) is 6.49. The summed E-state index contributed by atoms with van der Waals surface area (Å²) in [4.78, 5) is 0. The molecule has 1 heterocycles. The SMILES string of the molecule is CCCNCc1ccn(Cc2c(Cl)cccc2Cl)c1. The number of halogens is 2. The Kier molecular flexibility index (Phi) is 5.32. The molecule has 4 heteroatoms. The van der Waals surface area contributed by atoms with Gasteiger partial charge in [-0.2, -0.15) is 0 Å². The highest BCUT2D eigenvalue weighted by Gasteiger charge is 2.06. The second-order valence-electron chi connectivity index (χ2n) is 4.57. The Morgan fingerprint density at radius 2 is 1.89 bits per heavy atom. The van der Waals surface area contributed by atoms with Crippen molar-refractivity contribution in [3.05, 3.63) is 57.8 Å². The Morgan fingerprint density at radius 3 is 2.58 bits per heavy atom. The molecule has 0 aliphatic rings. The van der Waals surface area contributed by atoms with Gasteiger partial charge in [0.2, 0.25) is 0 Å². The number of nitrogens with one attached hydrogen (secondary N) is 1. The van der Waals surface area contributed by atoms with Gasteiger partial charge in [0.25, 0.3) is 0 Å². The summed E-state index contributed by atoms with van der Waals surface area (Å²) in [6.07, 6.45) is 5.33. The molecule has 0 aliphatic heterocycles. The van der Waals surface area contributed by atoms with Gasteiger partial charge < -0.3 is 9.88 Å². The van der Waals surface area contributed by atoms with Crippen LogP contribution < -0.4 is 5.32 Å². The lowest BCUT2D eigenvalue weighted by Gasteiger charge is -2.08. The fourth-order valence-electron chi connectivity index (χ4n) is 1.97. The van der Waals surface area contributed by atoms with E-state index in [-0.39, 0.29) is 0 Å². The van der Waals surface area contributed by atoms with E-state index >= 15 is 0 Å². The zero-order valence-electron chi connectivity index (χ0n) is 11.0. The van der Waals surface area contributed by atoms with Gasteiger partial charge in [0.15, 0.2) is 0 Å². The number of benzene rings is 1.